The standard InChI is InChI=1S/C15H15BrN2O4/c1-3-22-12(19)8-18-15(20)14-10-4-5-11(21-2)13(16)9(10)6-7-17-14/h4-7H,3,8H2,1-2H3,(H,18,20). The summed E-state index contributed by atoms with van der Waals surface area (Å²) in [6, 6.07) is 5.28. The van der Waals surface area contributed by atoms with E-state index >= 15 is 0 Å². The molecule has 22 heavy (non-hydrogen) atoms. The lowest BCUT2D eigenvalue weighted by Gasteiger charge is -2.10. The van der Waals surface area contributed by atoms with Crippen molar-refractivity contribution in [1.29, 1.82) is 0 Å². The highest BCUT2D eigenvalue weighted by Gasteiger charge is 2.15. The van der Waals surface area contributed by atoms with Crippen molar-refractivity contribution in [3.05, 3.63) is 34.6 Å². The molecule has 0 aliphatic carbocycles. The molecule has 1 aromatic carbocycles. The molecule has 0 spiro atoms. The van der Waals surface area contributed by atoms with Crippen LogP contribution in [-0.4, -0.2) is 37.1 Å². The number of carbonyl (C=O) groups is 2. The van der Waals surface area contributed by atoms with E-state index in [0.29, 0.717) is 11.1 Å². The maximum absolute atomic E-state index is 12.2. The van der Waals surface area contributed by atoms with Crippen LogP contribution in [0.25, 0.3) is 10.8 Å². The maximum atomic E-state index is 12.2. The van der Waals surface area contributed by atoms with Crippen molar-refractivity contribution in [2.24, 2.45) is 0 Å². The van der Waals surface area contributed by atoms with Gasteiger partial charge in [-0.15, -0.1) is 0 Å². The van der Waals surface area contributed by atoms with E-state index in [2.05, 4.69) is 26.2 Å². The molecule has 0 aliphatic rings. The van der Waals surface area contributed by atoms with E-state index in [1.54, 1.807) is 32.2 Å². The van der Waals surface area contributed by atoms with E-state index in [4.69, 9.17) is 9.47 Å². The Balaban J connectivity index is 2.30. The molecule has 2 rings (SSSR count). The Hall–Kier alpha value is -2.15. The van der Waals surface area contributed by atoms with Crippen molar-refractivity contribution in [1.82, 2.24) is 10.3 Å². The van der Waals surface area contributed by atoms with Crippen LogP contribution in [0.5, 0.6) is 5.75 Å². The molecular weight excluding hydrogens is 352 g/mol. The highest BCUT2D eigenvalue weighted by atomic mass is 79.9. The first-order valence-electron chi connectivity index (χ1n) is 6.63. The Kier molecular flexibility index (Phi) is 5.32. The summed E-state index contributed by atoms with van der Waals surface area (Å²) in [6.07, 6.45) is 1.53. The van der Waals surface area contributed by atoms with Gasteiger partial charge >= 0.3 is 5.97 Å². The predicted octanol–water partition coefficient (Wildman–Crippen LogP) is 2.30. The van der Waals surface area contributed by atoms with E-state index in [1.165, 1.54) is 6.20 Å². The Labute approximate surface area is 135 Å². The van der Waals surface area contributed by atoms with Crippen molar-refractivity contribution >= 4 is 38.6 Å². The van der Waals surface area contributed by atoms with Gasteiger partial charge in [0.15, 0.2) is 0 Å². The van der Waals surface area contributed by atoms with Crippen LogP contribution in [0.1, 0.15) is 17.4 Å². The number of hydrogen-bond acceptors (Lipinski definition) is 5. The number of ether oxygens (including phenoxy) is 2. The van der Waals surface area contributed by atoms with Gasteiger partial charge in [0, 0.05) is 17.0 Å². The number of pyridine rings is 1. The summed E-state index contributed by atoms with van der Waals surface area (Å²) in [5, 5.41) is 3.97. The predicted molar refractivity (Wildman–Crippen MR) is 85.0 cm³/mol. The zero-order valence-corrected chi connectivity index (χ0v) is 13.8. The van der Waals surface area contributed by atoms with Crippen LogP contribution in [0.3, 0.4) is 0 Å². The highest BCUT2D eigenvalue weighted by Crippen LogP contribution is 2.33. The maximum Gasteiger partial charge on any atom is 0.325 e. The third-order valence-electron chi connectivity index (χ3n) is 2.98. The quantitative estimate of drug-likeness (QED) is 0.821. The zero-order valence-electron chi connectivity index (χ0n) is 12.2. The number of methoxy groups -OCH3 is 1. The summed E-state index contributed by atoms with van der Waals surface area (Å²) in [7, 11) is 1.57. The van der Waals surface area contributed by atoms with Gasteiger partial charge in [0.1, 0.15) is 18.0 Å². The van der Waals surface area contributed by atoms with Crippen LogP contribution in [-0.2, 0) is 9.53 Å². The fourth-order valence-electron chi connectivity index (χ4n) is 1.99. The van der Waals surface area contributed by atoms with Crippen LogP contribution in [0.4, 0.5) is 0 Å². The van der Waals surface area contributed by atoms with Crippen LogP contribution in [0.2, 0.25) is 0 Å². The lowest BCUT2D eigenvalue weighted by molar-refractivity contribution is -0.141. The zero-order chi connectivity index (χ0) is 16.1. The Morgan fingerprint density at radius 2 is 2.05 bits per heavy atom. The van der Waals surface area contributed by atoms with Gasteiger partial charge in [-0.2, -0.15) is 0 Å². The molecule has 1 N–H and O–H groups in total. The highest BCUT2D eigenvalue weighted by molar-refractivity contribution is 9.10. The lowest BCUT2D eigenvalue weighted by atomic mass is 10.1. The first kappa shape index (κ1) is 16.2. The number of hydrogen-bond donors (Lipinski definition) is 1. The molecule has 0 atom stereocenters. The second kappa shape index (κ2) is 7.22. The average Bonchev–Trinajstić information content (AvgIpc) is 2.53. The molecule has 6 nitrogen and oxygen atoms in total. The molecule has 116 valence electrons. The average molecular weight is 367 g/mol. The molecule has 0 radical (unpaired) electrons. The van der Waals surface area contributed by atoms with E-state index < -0.39 is 11.9 Å². The van der Waals surface area contributed by atoms with Crippen molar-refractivity contribution in [3.8, 4) is 5.75 Å². The van der Waals surface area contributed by atoms with Crippen LogP contribution in [0.15, 0.2) is 28.9 Å². The second-order valence-corrected chi connectivity index (χ2v) is 5.12. The van der Waals surface area contributed by atoms with Crippen LogP contribution < -0.4 is 10.1 Å². The van der Waals surface area contributed by atoms with Crippen molar-refractivity contribution in [2.45, 2.75) is 6.92 Å². The topological polar surface area (TPSA) is 77.5 Å². The summed E-state index contributed by atoms with van der Waals surface area (Å²) >= 11 is 3.45. The summed E-state index contributed by atoms with van der Waals surface area (Å²) < 4.78 is 10.7. The van der Waals surface area contributed by atoms with E-state index in [1.807, 2.05) is 0 Å². The SMILES string of the molecule is CCOC(=O)CNC(=O)c1nccc2c(Br)c(OC)ccc12. The molecule has 0 saturated carbocycles. The molecule has 1 heterocycles. The van der Waals surface area contributed by atoms with Gasteiger partial charge in [-0.3, -0.25) is 14.6 Å². The molecule has 0 aliphatic heterocycles. The first-order chi connectivity index (χ1) is 10.6. The largest absolute Gasteiger partial charge is 0.496 e. The number of aromatic nitrogens is 1. The number of esters is 1. The van der Waals surface area contributed by atoms with Crippen molar-refractivity contribution in [3.63, 3.8) is 0 Å². The fourth-order valence-corrected chi connectivity index (χ4v) is 2.62. The molecule has 1 amide bonds. The van der Waals surface area contributed by atoms with E-state index in [-0.39, 0.29) is 18.8 Å². The monoisotopic (exact) mass is 366 g/mol. The van der Waals surface area contributed by atoms with Gasteiger partial charge in [-0.25, -0.2) is 0 Å². The number of benzene rings is 1. The van der Waals surface area contributed by atoms with Gasteiger partial charge in [0.2, 0.25) is 0 Å². The molecule has 2 aromatic rings. The summed E-state index contributed by atoms with van der Waals surface area (Å²) in [5.41, 5.74) is 0.241. The smallest absolute Gasteiger partial charge is 0.325 e. The van der Waals surface area contributed by atoms with Crippen molar-refractivity contribution < 1.29 is 19.1 Å². The van der Waals surface area contributed by atoms with Crippen molar-refractivity contribution in [2.75, 3.05) is 20.3 Å². The van der Waals surface area contributed by atoms with Gasteiger partial charge < -0.3 is 14.8 Å². The summed E-state index contributed by atoms with van der Waals surface area (Å²) in [4.78, 5) is 27.6. The number of carbonyl (C=O) groups excluding carboxylic acids is 2. The number of fused-ring (bicyclic) bond motifs is 1. The third kappa shape index (κ3) is 3.36. The first-order valence-corrected chi connectivity index (χ1v) is 7.42. The van der Waals surface area contributed by atoms with Gasteiger partial charge in [0.05, 0.1) is 18.2 Å². The molecular formula is C15H15BrN2O4. The Bertz CT molecular complexity index is 718. The number of rotatable bonds is 5. The summed E-state index contributed by atoms with van der Waals surface area (Å²) in [5.74, 6) is -0.258. The minimum atomic E-state index is -0.487. The van der Waals surface area contributed by atoms with Gasteiger partial charge in [-0.05, 0) is 41.1 Å². The van der Waals surface area contributed by atoms with E-state index in [0.717, 1.165) is 9.86 Å². The minimum absolute atomic E-state index is 0.192. The molecule has 0 fully saturated rings. The van der Waals surface area contributed by atoms with Gasteiger partial charge in [-0.1, -0.05) is 0 Å². The normalized spacial score (nSPS) is 10.3. The number of halogens is 1. The van der Waals surface area contributed by atoms with Gasteiger partial charge in [0.25, 0.3) is 5.91 Å². The Morgan fingerprint density at radius 3 is 2.73 bits per heavy atom. The molecule has 0 saturated heterocycles. The lowest BCUT2D eigenvalue weighted by Crippen LogP contribution is -2.31. The Morgan fingerprint density at radius 1 is 1.27 bits per heavy atom. The van der Waals surface area contributed by atoms with Crippen LogP contribution >= 0.6 is 15.9 Å². The number of amides is 1. The number of nitrogens with one attached hydrogen (secondary N) is 1. The molecule has 0 bridgehead atoms. The van der Waals surface area contributed by atoms with Crippen LogP contribution in [0, 0.1) is 0 Å². The minimum Gasteiger partial charge on any atom is -0.496 e. The number of nitrogens with zero attached hydrogens (tertiary/aromatic N) is 1. The molecule has 0 unspecified atom stereocenters. The fraction of sp³-hybridized carbons (Fsp3) is 0.267. The third-order valence-corrected chi connectivity index (χ3v) is 3.80. The molecule has 1 aromatic heterocycles. The summed E-state index contributed by atoms with van der Waals surface area (Å²) in [6.45, 7) is 1.78. The second-order valence-electron chi connectivity index (χ2n) is 4.32. The van der Waals surface area contributed by atoms with E-state index in [9.17, 15) is 9.59 Å². The molecule has 7 heteroatoms.